The molecule has 1 N–H and O–H groups in total. The lowest BCUT2D eigenvalue weighted by molar-refractivity contribution is -0.137. The van der Waals surface area contributed by atoms with Crippen LogP contribution in [0.3, 0.4) is 0 Å². The molecule has 1 aliphatic heterocycles. The van der Waals surface area contributed by atoms with E-state index in [1.54, 1.807) is 24.3 Å². The van der Waals surface area contributed by atoms with E-state index in [0.717, 1.165) is 25.7 Å². The quantitative estimate of drug-likeness (QED) is 0.847. The third kappa shape index (κ3) is 3.98. The molecule has 1 heterocycles. The van der Waals surface area contributed by atoms with Gasteiger partial charge in [0.05, 0.1) is 12.0 Å². The van der Waals surface area contributed by atoms with Crippen LogP contribution in [0.5, 0.6) is 0 Å². The van der Waals surface area contributed by atoms with Crippen molar-refractivity contribution in [3.63, 3.8) is 0 Å². The number of aliphatic hydroxyl groups is 1. The number of Topliss-reactive ketones (excluding diaryl/α,β-unsaturated/α-hetero) is 1. The lowest BCUT2D eigenvalue weighted by Gasteiger charge is -2.33. The zero-order valence-corrected chi connectivity index (χ0v) is 14.6. The Morgan fingerprint density at radius 1 is 1.12 bits per heavy atom. The lowest BCUT2D eigenvalue weighted by Crippen LogP contribution is -2.43. The van der Waals surface area contributed by atoms with Crippen molar-refractivity contribution in [3.05, 3.63) is 34.9 Å². The van der Waals surface area contributed by atoms with Gasteiger partial charge in [0.25, 0.3) is 0 Å². The van der Waals surface area contributed by atoms with Gasteiger partial charge in [-0.05, 0) is 49.9 Å². The van der Waals surface area contributed by atoms with Gasteiger partial charge in [0, 0.05) is 29.6 Å². The Bertz CT molecular complexity index is 600. The van der Waals surface area contributed by atoms with E-state index in [0.29, 0.717) is 36.5 Å². The van der Waals surface area contributed by atoms with Crippen LogP contribution >= 0.6 is 11.6 Å². The summed E-state index contributed by atoms with van der Waals surface area (Å²) in [6.07, 6.45) is 5.05. The minimum atomic E-state index is -0.799. The fourth-order valence-corrected chi connectivity index (χ4v) is 3.97. The summed E-state index contributed by atoms with van der Waals surface area (Å²) in [5.41, 5.74) is -0.114. The minimum Gasteiger partial charge on any atom is -0.389 e. The molecule has 0 unspecified atom stereocenters. The molecule has 24 heavy (non-hydrogen) atoms. The highest BCUT2D eigenvalue weighted by molar-refractivity contribution is 6.30. The molecule has 0 atom stereocenters. The first-order valence-electron chi connectivity index (χ1n) is 8.77. The summed E-state index contributed by atoms with van der Waals surface area (Å²) in [6.45, 7) is 1.19. The van der Waals surface area contributed by atoms with Crippen molar-refractivity contribution < 1.29 is 14.7 Å². The van der Waals surface area contributed by atoms with Crippen LogP contribution in [-0.2, 0) is 4.79 Å². The van der Waals surface area contributed by atoms with Gasteiger partial charge in [-0.25, -0.2) is 0 Å². The van der Waals surface area contributed by atoms with Crippen LogP contribution in [0.15, 0.2) is 24.3 Å². The van der Waals surface area contributed by atoms with E-state index in [4.69, 9.17) is 11.6 Å². The van der Waals surface area contributed by atoms with Crippen molar-refractivity contribution in [1.29, 1.82) is 0 Å². The normalized spacial score (nSPS) is 21.0. The topological polar surface area (TPSA) is 57.6 Å². The number of carbonyl (C=O) groups is 2. The Hall–Kier alpha value is -1.39. The molecule has 2 fully saturated rings. The van der Waals surface area contributed by atoms with Crippen LogP contribution in [-0.4, -0.2) is 40.4 Å². The van der Waals surface area contributed by atoms with Crippen molar-refractivity contribution in [2.45, 2.75) is 50.5 Å². The van der Waals surface area contributed by atoms with Crippen molar-refractivity contribution in [3.8, 4) is 0 Å². The summed E-state index contributed by atoms with van der Waals surface area (Å²) >= 11 is 5.86. The summed E-state index contributed by atoms with van der Waals surface area (Å²) in [4.78, 5) is 26.7. The first-order valence-corrected chi connectivity index (χ1v) is 9.15. The largest absolute Gasteiger partial charge is 0.389 e. The second-order valence-corrected chi connectivity index (χ2v) is 7.57. The average molecular weight is 350 g/mol. The van der Waals surface area contributed by atoms with E-state index < -0.39 is 5.60 Å². The number of amides is 1. The molecule has 4 nitrogen and oxygen atoms in total. The number of nitrogens with zero attached hydrogens (tertiary/aromatic N) is 1. The third-order valence-electron chi connectivity index (χ3n) is 5.36. The summed E-state index contributed by atoms with van der Waals surface area (Å²) < 4.78 is 0. The fourth-order valence-electron chi connectivity index (χ4n) is 3.84. The number of ketones is 1. The summed E-state index contributed by atoms with van der Waals surface area (Å²) in [6, 6.07) is 6.99. The molecule has 1 aromatic carbocycles. The number of hydrogen-bond donors (Lipinski definition) is 1. The SMILES string of the molecule is O=C(c1ccc(Cl)cc1)C1CCN(C(=O)CC2(O)CCCC2)CC1. The predicted octanol–water partition coefficient (Wildman–Crippen LogP) is 3.46. The van der Waals surface area contributed by atoms with Crippen LogP contribution in [0, 0.1) is 5.92 Å². The van der Waals surface area contributed by atoms with Crippen LogP contribution < -0.4 is 0 Å². The number of piperidine rings is 1. The van der Waals surface area contributed by atoms with Gasteiger partial charge in [-0.3, -0.25) is 9.59 Å². The van der Waals surface area contributed by atoms with Gasteiger partial charge < -0.3 is 10.0 Å². The molecular weight excluding hydrogens is 326 g/mol. The van der Waals surface area contributed by atoms with Gasteiger partial charge in [0.15, 0.2) is 5.78 Å². The van der Waals surface area contributed by atoms with Gasteiger partial charge in [-0.1, -0.05) is 24.4 Å². The first kappa shape index (κ1) is 17.4. The maximum Gasteiger partial charge on any atom is 0.225 e. The molecule has 0 spiro atoms. The fraction of sp³-hybridized carbons (Fsp3) is 0.579. The molecule has 3 rings (SSSR count). The summed E-state index contributed by atoms with van der Waals surface area (Å²) in [5.74, 6) is 0.120. The Morgan fingerprint density at radius 2 is 1.71 bits per heavy atom. The number of halogens is 1. The molecule has 1 aliphatic carbocycles. The van der Waals surface area contributed by atoms with E-state index in [1.165, 1.54) is 0 Å². The molecule has 1 amide bonds. The predicted molar refractivity (Wildman–Crippen MR) is 93.1 cm³/mol. The van der Waals surface area contributed by atoms with E-state index in [1.807, 2.05) is 4.90 Å². The average Bonchev–Trinajstić information content (AvgIpc) is 3.01. The molecular formula is C19H24ClNO3. The highest BCUT2D eigenvalue weighted by Crippen LogP contribution is 2.33. The number of likely N-dealkylation sites (tertiary alicyclic amines) is 1. The molecule has 5 heteroatoms. The van der Waals surface area contributed by atoms with E-state index >= 15 is 0 Å². The molecule has 1 aromatic rings. The first-order chi connectivity index (χ1) is 11.5. The van der Waals surface area contributed by atoms with Crippen molar-refractivity contribution in [2.75, 3.05) is 13.1 Å². The Morgan fingerprint density at radius 3 is 2.29 bits per heavy atom. The van der Waals surface area contributed by atoms with Crippen molar-refractivity contribution in [2.24, 2.45) is 5.92 Å². The van der Waals surface area contributed by atoms with Crippen LogP contribution in [0.4, 0.5) is 0 Å². The number of rotatable bonds is 4. The Kier molecular flexibility index (Phi) is 5.26. The molecule has 1 saturated heterocycles. The standard InChI is InChI=1S/C19H24ClNO3/c20-16-5-3-14(4-6-16)18(23)15-7-11-21(12-8-15)17(22)13-19(24)9-1-2-10-19/h3-6,15,24H,1-2,7-13H2. The maximum atomic E-state index is 12.5. The van der Waals surface area contributed by atoms with E-state index in [2.05, 4.69) is 0 Å². The van der Waals surface area contributed by atoms with Gasteiger partial charge in [0.1, 0.15) is 0 Å². The van der Waals surface area contributed by atoms with Crippen LogP contribution in [0.25, 0.3) is 0 Å². The smallest absolute Gasteiger partial charge is 0.225 e. The summed E-state index contributed by atoms with van der Waals surface area (Å²) in [7, 11) is 0. The van der Waals surface area contributed by atoms with Crippen molar-refractivity contribution in [1.82, 2.24) is 4.90 Å². The second-order valence-electron chi connectivity index (χ2n) is 7.13. The zero-order valence-electron chi connectivity index (χ0n) is 13.8. The van der Waals surface area contributed by atoms with Gasteiger partial charge in [-0.2, -0.15) is 0 Å². The second kappa shape index (κ2) is 7.24. The van der Waals surface area contributed by atoms with Gasteiger partial charge in [-0.15, -0.1) is 0 Å². The third-order valence-corrected chi connectivity index (χ3v) is 5.61. The molecule has 2 aliphatic rings. The van der Waals surface area contributed by atoms with Crippen molar-refractivity contribution >= 4 is 23.3 Å². The van der Waals surface area contributed by atoms with Crippen LogP contribution in [0.1, 0.15) is 55.3 Å². The maximum absolute atomic E-state index is 12.5. The van der Waals surface area contributed by atoms with E-state index in [9.17, 15) is 14.7 Å². The number of hydrogen-bond acceptors (Lipinski definition) is 3. The lowest BCUT2D eigenvalue weighted by atomic mass is 9.88. The highest BCUT2D eigenvalue weighted by Gasteiger charge is 2.36. The monoisotopic (exact) mass is 349 g/mol. The summed E-state index contributed by atoms with van der Waals surface area (Å²) in [5, 5.41) is 11.0. The number of benzene rings is 1. The molecule has 130 valence electrons. The molecule has 0 aromatic heterocycles. The molecule has 1 saturated carbocycles. The van der Waals surface area contributed by atoms with E-state index in [-0.39, 0.29) is 24.0 Å². The van der Waals surface area contributed by atoms with Gasteiger partial charge in [0.2, 0.25) is 5.91 Å². The molecule has 0 bridgehead atoms. The number of carbonyl (C=O) groups excluding carboxylic acids is 2. The van der Waals surface area contributed by atoms with Crippen LogP contribution in [0.2, 0.25) is 5.02 Å². The highest BCUT2D eigenvalue weighted by atomic mass is 35.5. The Balaban J connectivity index is 1.52. The zero-order chi connectivity index (χ0) is 17.2. The Labute approximate surface area is 147 Å². The van der Waals surface area contributed by atoms with Gasteiger partial charge >= 0.3 is 0 Å². The molecule has 0 radical (unpaired) electrons. The minimum absolute atomic E-state index is 0.0248.